The van der Waals surface area contributed by atoms with Crippen LogP contribution in [0.5, 0.6) is 0 Å². The van der Waals surface area contributed by atoms with Crippen molar-refractivity contribution in [2.24, 2.45) is 13.0 Å². The second-order valence-electron chi connectivity index (χ2n) is 6.96. The third-order valence-corrected chi connectivity index (χ3v) is 5.41. The molecule has 2 aromatic heterocycles. The summed E-state index contributed by atoms with van der Waals surface area (Å²) in [5.41, 5.74) is 2.00. The molecule has 4 rings (SSSR count). The summed E-state index contributed by atoms with van der Waals surface area (Å²) in [7, 11) is 1.78. The maximum atomic E-state index is 11.6. The van der Waals surface area contributed by atoms with Crippen molar-refractivity contribution < 1.29 is 0 Å². The van der Waals surface area contributed by atoms with E-state index in [9.17, 15) is 4.79 Å². The summed E-state index contributed by atoms with van der Waals surface area (Å²) >= 11 is 0. The Balaban J connectivity index is 1.46. The summed E-state index contributed by atoms with van der Waals surface area (Å²) in [5, 5.41) is 19.1. The average Bonchev–Trinajstić information content (AvgIpc) is 3.19. The zero-order chi connectivity index (χ0) is 17.2. The molecule has 25 heavy (non-hydrogen) atoms. The summed E-state index contributed by atoms with van der Waals surface area (Å²) in [6, 6.07) is 8.61. The van der Waals surface area contributed by atoms with Crippen molar-refractivity contribution in [1.29, 1.82) is 0 Å². The number of nitrogens with one attached hydrogen (secondary N) is 3. The number of rotatable bonds is 5. The first-order valence-corrected chi connectivity index (χ1v) is 8.98. The molecule has 132 valence electrons. The van der Waals surface area contributed by atoms with Crippen LogP contribution in [0.2, 0.25) is 0 Å². The first-order valence-electron chi connectivity index (χ1n) is 8.98. The maximum absolute atomic E-state index is 11.6. The molecule has 2 atom stereocenters. The second-order valence-corrected chi connectivity index (χ2v) is 6.96. The number of hydrogen-bond donors (Lipinski definition) is 3. The molecule has 7 nitrogen and oxygen atoms in total. The average molecular weight is 340 g/mol. The van der Waals surface area contributed by atoms with Crippen molar-refractivity contribution in [2.45, 2.75) is 44.7 Å². The van der Waals surface area contributed by atoms with Gasteiger partial charge in [0.05, 0.1) is 11.2 Å². The fraction of sp³-hybridized carbons (Fsp3) is 0.500. The molecule has 2 heterocycles. The first kappa shape index (κ1) is 16.1. The molecule has 0 bridgehead atoms. The summed E-state index contributed by atoms with van der Waals surface area (Å²) in [5.74, 6) is 1.34. The molecule has 7 heteroatoms. The molecular weight excluding hydrogens is 316 g/mol. The van der Waals surface area contributed by atoms with Crippen LogP contribution in [-0.4, -0.2) is 31.0 Å². The SMILES string of the molecule is Cn1c(C[C@H]2CCCC[C@H]2NCc2[nH]nc3ccccc23)n[nH]c1=O. The predicted molar refractivity (Wildman–Crippen MR) is 96.2 cm³/mol. The van der Waals surface area contributed by atoms with Gasteiger partial charge in [-0.25, -0.2) is 9.89 Å². The standard InChI is InChI=1S/C18H24N6O/c1-24-17(22-23-18(24)25)10-12-6-2-4-8-14(12)19-11-16-13-7-3-5-9-15(13)20-21-16/h3,5,7,9,12,14,19H,2,4,6,8,10-11H2,1H3,(H,20,21)(H,23,25)/t12-,14-/m1/s1. The minimum absolute atomic E-state index is 0.140. The van der Waals surface area contributed by atoms with Crippen molar-refractivity contribution in [2.75, 3.05) is 0 Å². The number of nitrogens with zero attached hydrogens (tertiary/aromatic N) is 3. The lowest BCUT2D eigenvalue weighted by Crippen LogP contribution is -2.39. The molecule has 1 aliphatic carbocycles. The molecule has 3 N–H and O–H groups in total. The monoisotopic (exact) mass is 340 g/mol. The van der Waals surface area contributed by atoms with Crippen LogP contribution < -0.4 is 11.0 Å². The van der Waals surface area contributed by atoms with Crippen LogP contribution in [0.1, 0.15) is 37.2 Å². The first-order chi connectivity index (χ1) is 12.2. The lowest BCUT2D eigenvalue weighted by Gasteiger charge is -2.32. The molecule has 1 aromatic carbocycles. The van der Waals surface area contributed by atoms with E-state index < -0.39 is 0 Å². The number of aromatic nitrogens is 5. The van der Waals surface area contributed by atoms with Gasteiger partial charge in [-0.3, -0.25) is 9.67 Å². The van der Waals surface area contributed by atoms with E-state index in [1.807, 2.05) is 18.2 Å². The van der Waals surface area contributed by atoms with Gasteiger partial charge in [0.25, 0.3) is 0 Å². The van der Waals surface area contributed by atoms with Gasteiger partial charge >= 0.3 is 5.69 Å². The normalized spacial score (nSPS) is 21.0. The Bertz CT molecular complexity index is 908. The van der Waals surface area contributed by atoms with Gasteiger partial charge in [-0.1, -0.05) is 31.0 Å². The highest BCUT2D eigenvalue weighted by atomic mass is 16.1. The van der Waals surface area contributed by atoms with Crippen LogP contribution in [0.15, 0.2) is 29.1 Å². The van der Waals surface area contributed by atoms with Gasteiger partial charge in [0, 0.05) is 31.4 Å². The van der Waals surface area contributed by atoms with Crippen LogP contribution in [0.25, 0.3) is 10.9 Å². The van der Waals surface area contributed by atoms with Crippen molar-refractivity contribution >= 4 is 10.9 Å². The van der Waals surface area contributed by atoms with Crippen molar-refractivity contribution in [3.63, 3.8) is 0 Å². The highest BCUT2D eigenvalue weighted by Gasteiger charge is 2.26. The Morgan fingerprint density at radius 2 is 2.04 bits per heavy atom. The fourth-order valence-electron chi connectivity index (χ4n) is 3.90. The molecular formula is C18H24N6O. The highest BCUT2D eigenvalue weighted by molar-refractivity contribution is 5.81. The molecule has 1 saturated carbocycles. The van der Waals surface area contributed by atoms with Gasteiger partial charge in [0.15, 0.2) is 0 Å². The zero-order valence-electron chi connectivity index (χ0n) is 14.5. The molecule has 0 radical (unpaired) electrons. The number of fused-ring (bicyclic) bond motifs is 1. The summed E-state index contributed by atoms with van der Waals surface area (Å²) in [6.07, 6.45) is 5.65. The van der Waals surface area contributed by atoms with E-state index in [0.717, 1.165) is 36.4 Å². The van der Waals surface area contributed by atoms with E-state index in [1.165, 1.54) is 24.6 Å². The predicted octanol–water partition coefficient (Wildman–Crippen LogP) is 1.88. The van der Waals surface area contributed by atoms with Crippen molar-refractivity contribution in [3.8, 4) is 0 Å². The Hall–Kier alpha value is -2.41. The summed E-state index contributed by atoms with van der Waals surface area (Å²) < 4.78 is 1.62. The van der Waals surface area contributed by atoms with E-state index in [4.69, 9.17) is 0 Å². The molecule has 1 aliphatic rings. The Morgan fingerprint density at radius 3 is 2.88 bits per heavy atom. The number of para-hydroxylation sites is 1. The third kappa shape index (κ3) is 3.24. The number of H-pyrrole nitrogens is 2. The van der Waals surface area contributed by atoms with E-state index in [-0.39, 0.29) is 5.69 Å². The maximum Gasteiger partial charge on any atom is 0.343 e. The van der Waals surface area contributed by atoms with E-state index in [2.05, 4.69) is 31.8 Å². The highest BCUT2D eigenvalue weighted by Crippen LogP contribution is 2.27. The molecule has 3 aromatic rings. The number of aromatic amines is 2. The van der Waals surface area contributed by atoms with E-state index >= 15 is 0 Å². The molecule has 1 fully saturated rings. The zero-order valence-corrected chi connectivity index (χ0v) is 14.5. The van der Waals surface area contributed by atoms with Crippen LogP contribution in [0.4, 0.5) is 0 Å². The molecule has 0 spiro atoms. The Labute approximate surface area is 145 Å². The van der Waals surface area contributed by atoms with Crippen LogP contribution >= 0.6 is 0 Å². The minimum Gasteiger partial charge on any atom is -0.308 e. The molecule has 0 unspecified atom stereocenters. The van der Waals surface area contributed by atoms with E-state index in [0.29, 0.717) is 12.0 Å². The van der Waals surface area contributed by atoms with Gasteiger partial charge in [-0.05, 0) is 24.8 Å². The van der Waals surface area contributed by atoms with E-state index in [1.54, 1.807) is 11.6 Å². The van der Waals surface area contributed by atoms with Crippen LogP contribution in [-0.2, 0) is 20.0 Å². The summed E-state index contributed by atoms with van der Waals surface area (Å²) in [4.78, 5) is 11.6. The van der Waals surface area contributed by atoms with Crippen molar-refractivity contribution in [3.05, 3.63) is 46.3 Å². The third-order valence-electron chi connectivity index (χ3n) is 5.41. The van der Waals surface area contributed by atoms with Gasteiger partial charge in [-0.15, -0.1) is 0 Å². The largest absolute Gasteiger partial charge is 0.343 e. The van der Waals surface area contributed by atoms with Crippen molar-refractivity contribution in [1.82, 2.24) is 30.3 Å². The second kappa shape index (κ2) is 6.84. The number of benzene rings is 1. The smallest absolute Gasteiger partial charge is 0.308 e. The van der Waals surface area contributed by atoms with Gasteiger partial charge < -0.3 is 5.32 Å². The fourth-order valence-corrected chi connectivity index (χ4v) is 3.90. The van der Waals surface area contributed by atoms with Gasteiger partial charge in [-0.2, -0.15) is 10.2 Å². The molecule has 0 aliphatic heterocycles. The quantitative estimate of drug-likeness (QED) is 0.661. The summed E-state index contributed by atoms with van der Waals surface area (Å²) in [6.45, 7) is 0.779. The molecule has 0 saturated heterocycles. The lowest BCUT2D eigenvalue weighted by atomic mass is 9.82. The molecule has 0 amide bonds. The Morgan fingerprint density at radius 1 is 1.20 bits per heavy atom. The lowest BCUT2D eigenvalue weighted by molar-refractivity contribution is 0.254. The minimum atomic E-state index is -0.140. The topological polar surface area (TPSA) is 91.4 Å². The van der Waals surface area contributed by atoms with Crippen LogP contribution in [0, 0.1) is 5.92 Å². The van der Waals surface area contributed by atoms with Crippen LogP contribution in [0.3, 0.4) is 0 Å². The van der Waals surface area contributed by atoms with Gasteiger partial charge in [0.1, 0.15) is 5.82 Å². The Kier molecular flexibility index (Phi) is 4.40. The number of hydrogen-bond acceptors (Lipinski definition) is 4. The van der Waals surface area contributed by atoms with Gasteiger partial charge in [0.2, 0.25) is 0 Å².